The first-order valence-corrected chi connectivity index (χ1v) is 12.6. The summed E-state index contributed by atoms with van der Waals surface area (Å²) in [7, 11) is 1.54. The van der Waals surface area contributed by atoms with Gasteiger partial charge in [-0.3, -0.25) is 10.3 Å². The normalized spacial score (nSPS) is 16.3. The van der Waals surface area contributed by atoms with E-state index in [-0.39, 0.29) is 12.4 Å². The summed E-state index contributed by atoms with van der Waals surface area (Å²) in [5, 5.41) is 3.31. The van der Waals surface area contributed by atoms with Crippen molar-refractivity contribution < 1.29 is 23.4 Å². The van der Waals surface area contributed by atoms with Gasteiger partial charge in [-0.15, -0.1) is 11.3 Å². The Kier molecular flexibility index (Phi) is 5.79. The second-order valence-electron chi connectivity index (χ2n) is 9.30. The average molecular weight is 532 g/mol. The van der Waals surface area contributed by atoms with Crippen molar-refractivity contribution in [2.45, 2.75) is 25.9 Å². The molecule has 6 rings (SSSR count). The number of amides is 1. The quantitative estimate of drug-likeness (QED) is 0.308. The number of carbonyl (C=O) groups is 1. The molecule has 4 heterocycles. The second kappa shape index (κ2) is 9.18. The molecule has 9 nitrogen and oxygen atoms in total. The van der Waals surface area contributed by atoms with Crippen molar-refractivity contribution in [3.05, 3.63) is 65.9 Å². The van der Waals surface area contributed by atoms with E-state index in [9.17, 15) is 4.79 Å². The summed E-state index contributed by atoms with van der Waals surface area (Å²) < 4.78 is 32.6. The summed E-state index contributed by atoms with van der Waals surface area (Å²) in [6.45, 7) is 3.69. The molecular formula is C27H22FN5O4S. The van der Waals surface area contributed by atoms with E-state index < -0.39 is 17.5 Å². The molecule has 1 aliphatic rings. The Morgan fingerprint density at radius 1 is 1.24 bits per heavy atom. The molecule has 3 aromatic heterocycles. The largest absolute Gasteiger partial charge is 0.480 e. The third-order valence-electron chi connectivity index (χ3n) is 6.21. The van der Waals surface area contributed by atoms with E-state index in [1.54, 1.807) is 38.6 Å². The predicted molar refractivity (Wildman–Crippen MR) is 141 cm³/mol. The number of carbonyl (C=O) groups excluding carboxylic acids is 1. The van der Waals surface area contributed by atoms with Crippen LogP contribution in [-0.2, 0) is 11.2 Å². The summed E-state index contributed by atoms with van der Waals surface area (Å²) in [4.78, 5) is 30.0. The molecule has 0 fully saturated rings. The highest BCUT2D eigenvalue weighted by Gasteiger charge is 2.40. The lowest BCUT2D eigenvalue weighted by molar-refractivity contribution is 0.0315. The zero-order chi connectivity index (χ0) is 26.4. The maximum absolute atomic E-state index is 15.1. The Balaban J connectivity index is 1.30. The molecule has 0 spiro atoms. The standard InChI is InChI=1S/C27H22FN5O4S/c1-14-7-16(22-19(8-14)32-21(35-3)12-30-22)25-33-20-9-18(28)23-17(24(20)38-25)10-27(2,37-23)13-36-26(34)31-15-5-4-6-29-11-15/h4-9,11-12H,10,13H2,1-3H3,(H,31,34)/t27-/m0/s1. The summed E-state index contributed by atoms with van der Waals surface area (Å²) >= 11 is 1.44. The van der Waals surface area contributed by atoms with Gasteiger partial charge in [0.15, 0.2) is 11.6 Å². The zero-order valence-electron chi connectivity index (χ0n) is 20.7. The van der Waals surface area contributed by atoms with Crippen LogP contribution < -0.4 is 14.8 Å². The van der Waals surface area contributed by atoms with Gasteiger partial charge in [0.05, 0.1) is 46.4 Å². The number of aromatic nitrogens is 4. The molecule has 0 aliphatic carbocycles. The molecule has 2 aromatic carbocycles. The molecule has 0 saturated carbocycles. The minimum atomic E-state index is -0.939. The fraction of sp³-hybridized carbons (Fsp3) is 0.222. The Hall–Kier alpha value is -4.38. The Labute approximate surface area is 220 Å². The number of aryl methyl sites for hydroxylation is 1. The molecule has 1 amide bonds. The number of rotatable bonds is 5. The molecule has 0 bridgehead atoms. The highest BCUT2D eigenvalue weighted by atomic mass is 32.1. The van der Waals surface area contributed by atoms with E-state index in [0.29, 0.717) is 45.1 Å². The summed E-state index contributed by atoms with van der Waals surface area (Å²) in [5.74, 6) is 0.0719. The number of nitrogens with zero attached hydrogens (tertiary/aromatic N) is 4. The van der Waals surface area contributed by atoms with Crippen LogP contribution in [0.25, 0.3) is 31.8 Å². The van der Waals surface area contributed by atoms with Gasteiger partial charge in [-0.05, 0) is 43.7 Å². The van der Waals surface area contributed by atoms with E-state index in [1.165, 1.54) is 23.6 Å². The lowest BCUT2D eigenvalue weighted by Crippen LogP contribution is -2.37. The number of thiazole rings is 1. The van der Waals surface area contributed by atoms with Crippen molar-refractivity contribution >= 4 is 44.4 Å². The molecule has 1 atom stereocenters. The predicted octanol–water partition coefficient (Wildman–Crippen LogP) is 5.70. The van der Waals surface area contributed by atoms with Crippen LogP contribution in [0.1, 0.15) is 18.1 Å². The molecule has 0 unspecified atom stereocenters. The zero-order valence-corrected chi connectivity index (χ0v) is 21.6. The van der Waals surface area contributed by atoms with Crippen LogP contribution in [0.5, 0.6) is 11.6 Å². The molecule has 38 heavy (non-hydrogen) atoms. The third-order valence-corrected chi connectivity index (χ3v) is 7.37. The number of fused-ring (bicyclic) bond motifs is 4. The SMILES string of the molecule is COc1cnc2c(-c3nc4cc(F)c5c(c4s3)C[C@@](C)(COC(=O)Nc3cccnc3)O5)cc(C)cc2n1. The Morgan fingerprint density at radius 2 is 2.11 bits per heavy atom. The number of ether oxygens (including phenoxy) is 3. The van der Waals surface area contributed by atoms with E-state index in [2.05, 4.69) is 20.3 Å². The molecule has 192 valence electrons. The van der Waals surface area contributed by atoms with Gasteiger partial charge < -0.3 is 14.2 Å². The summed E-state index contributed by atoms with van der Waals surface area (Å²) in [6.07, 6.45) is 4.39. The van der Waals surface area contributed by atoms with Crippen molar-refractivity contribution in [1.29, 1.82) is 0 Å². The number of hydrogen-bond donors (Lipinski definition) is 1. The molecule has 1 N–H and O–H groups in total. The molecular weight excluding hydrogens is 509 g/mol. The van der Waals surface area contributed by atoms with Crippen LogP contribution in [0.2, 0.25) is 0 Å². The van der Waals surface area contributed by atoms with Gasteiger partial charge in [0.25, 0.3) is 0 Å². The molecule has 0 radical (unpaired) electrons. The minimum absolute atomic E-state index is 0.0691. The van der Waals surface area contributed by atoms with Crippen LogP contribution >= 0.6 is 11.3 Å². The summed E-state index contributed by atoms with van der Waals surface area (Å²) in [5.41, 5.74) is 3.97. The van der Waals surface area contributed by atoms with E-state index in [0.717, 1.165) is 15.8 Å². The third kappa shape index (κ3) is 4.34. The van der Waals surface area contributed by atoms with Gasteiger partial charge in [-0.1, -0.05) is 0 Å². The minimum Gasteiger partial charge on any atom is -0.480 e. The number of nitrogens with one attached hydrogen (secondary N) is 1. The molecule has 0 saturated heterocycles. The molecule has 5 aromatic rings. The highest BCUT2D eigenvalue weighted by molar-refractivity contribution is 7.22. The fourth-order valence-corrected chi connectivity index (χ4v) is 5.62. The maximum atomic E-state index is 15.1. The van der Waals surface area contributed by atoms with Crippen molar-refractivity contribution in [2.75, 3.05) is 19.0 Å². The number of anilines is 1. The van der Waals surface area contributed by atoms with Gasteiger partial charge in [-0.2, -0.15) is 0 Å². The summed E-state index contributed by atoms with van der Waals surface area (Å²) in [6, 6.07) is 8.71. The van der Waals surface area contributed by atoms with E-state index in [1.807, 2.05) is 19.1 Å². The van der Waals surface area contributed by atoms with Crippen molar-refractivity contribution in [3.8, 4) is 22.2 Å². The number of halogens is 1. The second-order valence-corrected chi connectivity index (χ2v) is 10.3. The number of pyridine rings is 1. The molecule has 11 heteroatoms. The lowest BCUT2D eigenvalue weighted by atomic mass is 10.00. The maximum Gasteiger partial charge on any atom is 0.411 e. The van der Waals surface area contributed by atoms with Crippen LogP contribution in [-0.4, -0.2) is 45.3 Å². The number of methoxy groups -OCH3 is 1. The first-order chi connectivity index (χ1) is 18.3. The molecule has 1 aliphatic heterocycles. The van der Waals surface area contributed by atoms with E-state index in [4.69, 9.17) is 19.2 Å². The highest BCUT2D eigenvalue weighted by Crippen LogP contribution is 2.45. The van der Waals surface area contributed by atoms with Crippen LogP contribution in [0, 0.1) is 12.7 Å². The van der Waals surface area contributed by atoms with Gasteiger partial charge in [0, 0.05) is 29.8 Å². The fourth-order valence-electron chi connectivity index (χ4n) is 4.52. The van der Waals surface area contributed by atoms with Gasteiger partial charge >= 0.3 is 6.09 Å². The smallest absolute Gasteiger partial charge is 0.411 e. The van der Waals surface area contributed by atoms with Crippen LogP contribution in [0.4, 0.5) is 14.9 Å². The van der Waals surface area contributed by atoms with Gasteiger partial charge in [0.2, 0.25) is 5.88 Å². The van der Waals surface area contributed by atoms with Crippen LogP contribution in [0.15, 0.2) is 48.9 Å². The Bertz CT molecular complexity index is 1710. The monoisotopic (exact) mass is 531 g/mol. The number of hydrogen-bond acceptors (Lipinski definition) is 9. The Morgan fingerprint density at radius 3 is 2.89 bits per heavy atom. The van der Waals surface area contributed by atoms with Gasteiger partial charge in [0.1, 0.15) is 17.2 Å². The van der Waals surface area contributed by atoms with Crippen molar-refractivity contribution in [2.24, 2.45) is 0 Å². The van der Waals surface area contributed by atoms with Crippen molar-refractivity contribution in [1.82, 2.24) is 19.9 Å². The topological polar surface area (TPSA) is 108 Å². The first-order valence-electron chi connectivity index (χ1n) is 11.8. The average Bonchev–Trinajstić information content (AvgIpc) is 3.49. The van der Waals surface area contributed by atoms with Crippen LogP contribution in [0.3, 0.4) is 0 Å². The van der Waals surface area contributed by atoms with Gasteiger partial charge in [-0.25, -0.2) is 24.1 Å². The van der Waals surface area contributed by atoms with Crippen molar-refractivity contribution in [3.63, 3.8) is 0 Å². The first kappa shape index (κ1) is 24.0. The number of benzene rings is 2. The van der Waals surface area contributed by atoms with E-state index >= 15 is 4.39 Å². The lowest BCUT2D eigenvalue weighted by Gasteiger charge is -2.23.